The lowest BCUT2D eigenvalue weighted by molar-refractivity contribution is -0.116. The van der Waals surface area contributed by atoms with Crippen LogP contribution >= 0.6 is 0 Å². The van der Waals surface area contributed by atoms with Crippen molar-refractivity contribution in [3.05, 3.63) is 94.1 Å². The van der Waals surface area contributed by atoms with E-state index in [-0.39, 0.29) is 24.8 Å². The molecule has 0 aromatic heterocycles. The number of benzene rings is 2. The molecule has 0 heterocycles. The molecule has 2 aromatic rings. The summed E-state index contributed by atoms with van der Waals surface area (Å²) in [7, 11) is 3.27. The van der Waals surface area contributed by atoms with Gasteiger partial charge >= 0.3 is 0 Å². The molecule has 2 bridgehead atoms. The minimum absolute atomic E-state index is 0.129. The molecular formula is C24H20O4. The molecule has 4 nitrogen and oxygen atoms in total. The quantitative estimate of drug-likeness (QED) is 0.775. The third-order valence-corrected chi connectivity index (χ3v) is 6.40. The van der Waals surface area contributed by atoms with E-state index in [1.807, 2.05) is 24.3 Å². The first-order valence-electron chi connectivity index (χ1n) is 9.32. The highest BCUT2D eigenvalue weighted by atomic mass is 16.5. The molecule has 0 aliphatic heterocycles. The van der Waals surface area contributed by atoms with Crippen LogP contribution in [0.5, 0.6) is 0 Å². The number of carbonyl (C=O) groups is 2. The molecule has 0 saturated heterocycles. The van der Waals surface area contributed by atoms with Crippen LogP contribution in [0.15, 0.2) is 71.8 Å². The molecule has 140 valence electrons. The highest BCUT2D eigenvalue weighted by Crippen LogP contribution is 2.62. The van der Waals surface area contributed by atoms with E-state index < -0.39 is 10.8 Å². The van der Waals surface area contributed by atoms with Gasteiger partial charge in [0.2, 0.25) is 0 Å². The molecule has 4 aliphatic rings. The first-order valence-corrected chi connectivity index (χ1v) is 9.32. The Kier molecular flexibility index (Phi) is 3.60. The average molecular weight is 372 g/mol. The van der Waals surface area contributed by atoms with Gasteiger partial charge in [0, 0.05) is 25.4 Å². The highest BCUT2D eigenvalue weighted by Gasteiger charge is 2.62. The van der Waals surface area contributed by atoms with Gasteiger partial charge in [0.15, 0.2) is 11.6 Å². The second kappa shape index (κ2) is 5.84. The van der Waals surface area contributed by atoms with Gasteiger partial charge in [-0.15, -0.1) is 0 Å². The number of methoxy groups -OCH3 is 2. The van der Waals surface area contributed by atoms with E-state index in [0.717, 1.165) is 22.3 Å². The van der Waals surface area contributed by atoms with Crippen LogP contribution in [-0.4, -0.2) is 39.0 Å². The number of rotatable bonds is 4. The van der Waals surface area contributed by atoms with Crippen LogP contribution in [0.2, 0.25) is 0 Å². The molecule has 0 N–H and O–H groups in total. The van der Waals surface area contributed by atoms with Crippen molar-refractivity contribution < 1.29 is 19.1 Å². The van der Waals surface area contributed by atoms with E-state index in [1.165, 1.54) is 12.2 Å². The Balaban J connectivity index is 2.03. The van der Waals surface area contributed by atoms with E-state index in [2.05, 4.69) is 24.3 Å². The zero-order valence-electron chi connectivity index (χ0n) is 15.8. The topological polar surface area (TPSA) is 52.6 Å². The monoisotopic (exact) mass is 372 g/mol. The van der Waals surface area contributed by atoms with Gasteiger partial charge in [-0.2, -0.15) is 0 Å². The number of ketones is 2. The molecule has 0 spiro atoms. The summed E-state index contributed by atoms with van der Waals surface area (Å²) in [5, 5.41) is 0. The number of allylic oxidation sites excluding steroid dienone is 2. The maximum Gasteiger partial charge on any atom is 0.183 e. The lowest BCUT2D eigenvalue weighted by Crippen LogP contribution is -2.57. The molecule has 4 aliphatic carbocycles. The zero-order chi connectivity index (χ0) is 19.5. The van der Waals surface area contributed by atoms with Crippen LogP contribution in [0.4, 0.5) is 0 Å². The Morgan fingerprint density at radius 1 is 0.643 bits per heavy atom. The van der Waals surface area contributed by atoms with Crippen LogP contribution in [0.1, 0.15) is 22.3 Å². The Hall–Kier alpha value is -2.82. The number of hydrogen-bond donors (Lipinski definition) is 0. The maximum absolute atomic E-state index is 13.2. The van der Waals surface area contributed by atoms with Crippen LogP contribution in [0.3, 0.4) is 0 Å². The summed E-state index contributed by atoms with van der Waals surface area (Å²) < 4.78 is 11.4. The van der Waals surface area contributed by atoms with Crippen molar-refractivity contribution in [3.63, 3.8) is 0 Å². The standard InChI is InChI=1S/C24H20O4/c1-27-13-23-15-7-3-5-9-17(15)24(14-28-2,18-10-6-4-8-16(18)23)22-20(26)12-11-19(25)21(22)23/h3-12H,13-14H2,1-2H3. The average Bonchev–Trinajstić information content (AvgIpc) is 2.72. The van der Waals surface area contributed by atoms with Crippen LogP contribution < -0.4 is 0 Å². The largest absolute Gasteiger partial charge is 0.383 e. The van der Waals surface area contributed by atoms with Crippen molar-refractivity contribution in [2.24, 2.45) is 0 Å². The lowest BCUT2D eigenvalue weighted by atomic mass is 9.45. The van der Waals surface area contributed by atoms with Gasteiger partial charge in [0.25, 0.3) is 0 Å². The van der Waals surface area contributed by atoms with E-state index in [9.17, 15) is 9.59 Å². The summed E-state index contributed by atoms with van der Waals surface area (Å²) in [5.74, 6) is -0.257. The van der Waals surface area contributed by atoms with Gasteiger partial charge in [0.05, 0.1) is 24.0 Å². The summed E-state index contributed by atoms with van der Waals surface area (Å²) in [4.78, 5) is 26.4. The fourth-order valence-electron chi connectivity index (χ4n) is 5.58. The van der Waals surface area contributed by atoms with E-state index >= 15 is 0 Å². The van der Waals surface area contributed by atoms with Gasteiger partial charge in [-0.25, -0.2) is 0 Å². The van der Waals surface area contributed by atoms with E-state index in [0.29, 0.717) is 11.1 Å². The van der Waals surface area contributed by atoms with E-state index in [4.69, 9.17) is 9.47 Å². The molecular weight excluding hydrogens is 352 g/mol. The first-order chi connectivity index (χ1) is 13.6. The Labute approximate surface area is 163 Å². The fourth-order valence-corrected chi connectivity index (χ4v) is 5.58. The molecule has 0 unspecified atom stereocenters. The fraction of sp³-hybridized carbons (Fsp3) is 0.250. The van der Waals surface area contributed by atoms with Crippen molar-refractivity contribution >= 4 is 11.6 Å². The molecule has 0 saturated carbocycles. The number of carbonyl (C=O) groups excluding carboxylic acids is 2. The van der Waals surface area contributed by atoms with Crippen molar-refractivity contribution in [1.29, 1.82) is 0 Å². The van der Waals surface area contributed by atoms with Gasteiger partial charge in [-0.05, 0) is 34.4 Å². The highest BCUT2D eigenvalue weighted by molar-refractivity contribution is 6.24. The molecule has 6 rings (SSSR count). The number of ether oxygens (including phenoxy) is 2. The third-order valence-electron chi connectivity index (χ3n) is 6.40. The minimum Gasteiger partial charge on any atom is -0.383 e. The smallest absolute Gasteiger partial charge is 0.183 e. The van der Waals surface area contributed by atoms with Crippen molar-refractivity contribution in [2.45, 2.75) is 10.8 Å². The van der Waals surface area contributed by atoms with Gasteiger partial charge < -0.3 is 9.47 Å². The molecule has 4 heteroatoms. The zero-order valence-corrected chi connectivity index (χ0v) is 15.8. The Morgan fingerprint density at radius 2 is 0.964 bits per heavy atom. The third kappa shape index (κ3) is 1.77. The second-order valence-electron chi connectivity index (χ2n) is 7.58. The molecule has 28 heavy (non-hydrogen) atoms. The van der Waals surface area contributed by atoms with Crippen LogP contribution in [0.25, 0.3) is 0 Å². The van der Waals surface area contributed by atoms with Crippen LogP contribution in [0, 0.1) is 0 Å². The minimum atomic E-state index is -0.801. The van der Waals surface area contributed by atoms with Gasteiger partial charge in [-0.1, -0.05) is 48.5 Å². The van der Waals surface area contributed by atoms with Crippen molar-refractivity contribution in [3.8, 4) is 0 Å². The summed E-state index contributed by atoms with van der Waals surface area (Å²) in [6, 6.07) is 16.1. The Bertz CT molecular complexity index is 958. The predicted octanol–water partition coefficient (Wildman–Crippen LogP) is 2.88. The summed E-state index contributed by atoms with van der Waals surface area (Å²) in [6.07, 6.45) is 2.79. The number of hydrogen-bond acceptors (Lipinski definition) is 4. The summed E-state index contributed by atoms with van der Waals surface area (Å²) in [6.45, 7) is 0.575. The summed E-state index contributed by atoms with van der Waals surface area (Å²) in [5.41, 5.74) is 3.54. The van der Waals surface area contributed by atoms with Gasteiger partial charge in [0.1, 0.15) is 0 Å². The van der Waals surface area contributed by atoms with Crippen molar-refractivity contribution in [1.82, 2.24) is 0 Å². The SMILES string of the molecule is COCC12C3=C(C(=O)C=CC3=O)C(COC)(c3ccccc31)c1ccccc12. The maximum atomic E-state index is 13.2. The summed E-state index contributed by atoms with van der Waals surface area (Å²) >= 11 is 0. The lowest BCUT2D eigenvalue weighted by Gasteiger charge is -2.56. The molecule has 0 atom stereocenters. The van der Waals surface area contributed by atoms with E-state index in [1.54, 1.807) is 14.2 Å². The molecule has 0 radical (unpaired) electrons. The molecule has 0 amide bonds. The molecule has 0 fully saturated rings. The normalized spacial score (nSPS) is 26.9. The Morgan fingerprint density at radius 3 is 1.25 bits per heavy atom. The first kappa shape index (κ1) is 17.3. The van der Waals surface area contributed by atoms with Gasteiger partial charge in [-0.3, -0.25) is 9.59 Å². The van der Waals surface area contributed by atoms with Crippen molar-refractivity contribution in [2.75, 3.05) is 27.4 Å². The van der Waals surface area contributed by atoms with Crippen LogP contribution in [-0.2, 0) is 29.9 Å². The molecule has 2 aromatic carbocycles. The predicted molar refractivity (Wildman–Crippen MR) is 104 cm³/mol. The second-order valence-corrected chi connectivity index (χ2v) is 7.58.